The van der Waals surface area contributed by atoms with Crippen molar-refractivity contribution in [1.29, 1.82) is 0 Å². The summed E-state index contributed by atoms with van der Waals surface area (Å²) in [5.74, 6) is -0.620. The molecule has 0 aromatic heterocycles. The van der Waals surface area contributed by atoms with Crippen LogP contribution in [0, 0.1) is 0 Å². The third-order valence-corrected chi connectivity index (χ3v) is 4.55. The number of hydrogen-bond donors (Lipinski definition) is 2. The molecule has 1 amide bonds. The summed E-state index contributed by atoms with van der Waals surface area (Å²) in [6.45, 7) is 0. The van der Waals surface area contributed by atoms with Crippen molar-refractivity contribution in [2.24, 2.45) is 10.2 Å². The molecule has 1 aliphatic heterocycles. The van der Waals surface area contributed by atoms with Crippen molar-refractivity contribution < 1.29 is 14.7 Å². The van der Waals surface area contributed by atoms with Crippen LogP contribution in [0.15, 0.2) is 34.5 Å². The van der Waals surface area contributed by atoms with Crippen molar-refractivity contribution in [3.05, 3.63) is 35.4 Å². The van der Waals surface area contributed by atoms with Crippen molar-refractivity contribution in [3.63, 3.8) is 0 Å². The predicted octanol–water partition coefficient (Wildman–Crippen LogP) is 1.96. The number of amidine groups is 1. The van der Waals surface area contributed by atoms with Crippen LogP contribution in [-0.4, -0.2) is 33.6 Å². The topological polar surface area (TPSA) is 91.1 Å². The van der Waals surface area contributed by atoms with Crippen LogP contribution in [-0.2, 0) is 9.59 Å². The van der Waals surface area contributed by atoms with Crippen molar-refractivity contribution in [2.45, 2.75) is 30.4 Å². The number of benzene rings is 1. The number of nitrogens with one attached hydrogen (secondary N) is 1. The van der Waals surface area contributed by atoms with Gasteiger partial charge in [0.2, 0.25) is 5.91 Å². The highest BCUT2D eigenvalue weighted by atomic mass is 32.2. The summed E-state index contributed by atoms with van der Waals surface area (Å²) in [7, 11) is 0. The average Bonchev–Trinajstić information content (AvgIpc) is 3.26. The van der Waals surface area contributed by atoms with Gasteiger partial charge in [-0.1, -0.05) is 36.0 Å². The second kappa shape index (κ2) is 6.31. The monoisotopic (exact) mass is 317 g/mol. The Hall–Kier alpha value is -2.15. The Morgan fingerprint density at radius 2 is 2.09 bits per heavy atom. The molecular formula is C15H15N3O3S. The molecule has 6 nitrogen and oxygen atoms in total. The van der Waals surface area contributed by atoms with Crippen LogP contribution >= 0.6 is 11.8 Å². The van der Waals surface area contributed by atoms with Gasteiger partial charge in [-0.05, 0) is 29.9 Å². The number of nitrogens with zero attached hydrogens (tertiary/aromatic N) is 2. The fourth-order valence-electron chi connectivity index (χ4n) is 2.16. The lowest BCUT2D eigenvalue weighted by Gasteiger charge is -1.98. The largest absolute Gasteiger partial charge is 0.481 e. The normalized spacial score (nSPS) is 23.2. The highest BCUT2D eigenvalue weighted by Crippen LogP contribution is 2.39. The molecule has 1 heterocycles. The van der Waals surface area contributed by atoms with E-state index < -0.39 is 11.2 Å². The molecule has 0 bridgehead atoms. The van der Waals surface area contributed by atoms with E-state index in [1.807, 2.05) is 12.1 Å². The van der Waals surface area contributed by atoms with Gasteiger partial charge in [-0.25, -0.2) is 0 Å². The number of carboxylic acids is 1. The lowest BCUT2D eigenvalue weighted by molar-refractivity contribution is -0.138. The van der Waals surface area contributed by atoms with Gasteiger partial charge in [0, 0.05) is 0 Å². The Kier molecular flexibility index (Phi) is 4.24. The van der Waals surface area contributed by atoms with Crippen LogP contribution < -0.4 is 5.32 Å². The summed E-state index contributed by atoms with van der Waals surface area (Å²) in [6, 6.07) is 8.18. The van der Waals surface area contributed by atoms with Gasteiger partial charge in [0.05, 0.1) is 12.6 Å². The Morgan fingerprint density at radius 1 is 1.36 bits per heavy atom. The second-order valence-corrected chi connectivity index (χ2v) is 6.48. The molecule has 1 aliphatic carbocycles. The first-order valence-electron chi connectivity index (χ1n) is 7.02. The van der Waals surface area contributed by atoms with E-state index in [-0.39, 0.29) is 12.3 Å². The van der Waals surface area contributed by atoms with Crippen molar-refractivity contribution in [1.82, 2.24) is 5.32 Å². The molecule has 1 unspecified atom stereocenters. The molecule has 1 aromatic rings. The molecule has 0 radical (unpaired) electrons. The van der Waals surface area contributed by atoms with Gasteiger partial charge < -0.3 is 10.4 Å². The summed E-state index contributed by atoms with van der Waals surface area (Å²) in [5.41, 5.74) is 2.30. The molecule has 2 aliphatic rings. The molecule has 1 saturated heterocycles. The summed E-state index contributed by atoms with van der Waals surface area (Å²) in [5, 5.41) is 18.8. The third kappa shape index (κ3) is 3.73. The lowest BCUT2D eigenvalue weighted by atomic mass is 10.1. The predicted molar refractivity (Wildman–Crippen MR) is 85.2 cm³/mol. The van der Waals surface area contributed by atoms with E-state index >= 15 is 0 Å². The Bertz CT molecular complexity index is 651. The number of carboxylic acid groups (broad SMARTS) is 1. The number of carbonyl (C=O) groups excluding carboxylic acids is 1. The van der Waals surface area contributed by atoms with Gasteiger partial charge in [0.1, 0.15) is 5.25 Å². The first-order chi connectivity index (χ1) is 10.6. The minimum atomic E-state index is -1.01. The first-order valence-corrected chi connectivity index (χ1v) is 7.90. The number of carbonyl (C=O) groups is 2. The highest BCUT2D eigenvalue weighted by Gasteiger charge is 2.32. The molecular weight excluding hydrogens is 302 g/mol. The first kappa shape index (κ1) is 14.8. The summed E-state index contributed by atoms with van der Waals surface area (Å²) in [6.07, 6.45) is 3.94. The molecule has 7 heteroatoms. The smallest absolute Gasteiger partial charge is 0.305 e. The summed E-state index contributed by atoms with van der Waals surface area (Å²) >= 11 is 1.09. The highest BCUT2D eigenvalue weighted by molar-refractivity contribution is 8.15. The minimum absolute atomic E-state index is 0.220. The van der Waals surface area contributed by atoms with Crippen LogP contribution in [0.2, 0.25) is 0 Å². The molecule has 1 saturated carbocycles. The van der Waals surface area contributed by atoms with E-state index in [9.17, 15) is 9.59 Å². The van der Waals surface area contributed by atoms with Crippen molar-refractivity contribution in [3.8, 4) is 0 Å². The van der Waals surface area contributed by atoms with E-state index in [1.165, 1.54) is 18.4 Å². The van der Waals surface area contributed by atoms with Gasteiger partial charge in [-0.3, -0.25) is 9.59 Å². The molecule has 114 valence electrons. The molecule has 0 spiro atoms. The zero-order valence-corrected chi connectivity index (χ0v) is 12.5. The number of hydrogen-bond acceptors (Lipinski definition) is 5. The van der Waals surface area contributed by atoms with E-state index in [0.29, 0.717) is 5.17 Å². The number of rotatable bonds is 5. The van der Waals surface area contributed by atoms with E-state index in [4.69, 9.17) is 5.11 Å². The van der Waals surface area contributed by atoms with Gasteiger partial charge in [-0.2, -0.15) is 5.10 Å². The Balaban J connectivity index is 1.58. The summed E-state index contributed by atoms with van der Waals surface area (Å²) < 4.78 is 0. The molecule has 2 N–H and O–H groups in total. The maximum atomic E-state index is 11.5. The van der Waals surface area contributed by atoms with E-state index in [2.05, 4.69) is 27.7 Å². The van der Waals surface area contributed by atoms with Gasteiger partial charge in [0.25, 0.3) is 0 Å². The molecule has 1 atom stereocenters. The second-order valence-electron chi connectivity index (χ2n) is 5.28. The fraction of sp³-hybridized carbons (Fsp3) is 0.333. The fourth-order valence-corrected chi connectivity index (χ4v) is 3.08. The molecule has 1 aromatic carbocycles. The van der Waals surface area contributed by atoms with Crippen molar-refractivity contribution in [2.75, 3.05) is 0 Å². The standard InChI is InChI=1S/C15H15N3O3S/c19-13(20)7-12-14(21)17-15(22-12)18-16-8-9-1-3-10(4-2-9)11-5-6-11/h1-4,8,11-12H,5-7H2,(H,19,20)(H,17,18,21)/b16-8+. The Labute approximate surface area is 131 Å². The number of aliphatic carboxylic acids is 1. The van der Waals surface area contributed by atoms with Crippen LogP contribution in [0.25, 0.3) is 0 Å². The number of amides is 1. The minimum Gasteiger partial charge on any atom is -0.481 e. The summed E-state index contributed by atoms with van der Waals surface area (Å²) in [4.78, 5) is 22.2. The van der Waals surface area contributed by atoms with Crippen LogP contribution in [0.1, 0.15) is 36.3 Å². The van der Waals surface area contributed by atoms with E-state index in [0.717, 1.165) is 23.2 Å². The van der Waals surface area contributed by atoms with Gasteiger partial charge in [0.15, 0.2) is 5.17 Å². The molecule has 2 fully saturated rings. The van der Waals surface area contributed by atoms with Crippen LogP contribution in [0.5, 0.6) is 0 Å². The zero-order valence-electron chi connectivity index (χ0n) is 11.7. The van der Waals surface area contributed by atoms with Gasteiger partial charge in [-0.15, -0.1) is 5.10 Å². The quantitative estimate of drug-likeness (QED) is 0.641. The molecule has 22 heavy (non-hydrogen) atoms. The maximum Gasteiger partial charge on any atom is 0.305 e. The Morgan fingerprint density at radius 3 is 2.73 bits per heavy atom. The lowest BCUT2D eigenvalue weighted by Crippen LogP contribution is -2.26. The van der Waals surface area contributed by atoms with Crippen LogP contribution in [0.4, 0.5) is 0 Å². The van der Waals surface area contributed by atoms with Crippen molar-refractivity contribution >= 4 is 35.0 Å². The zero-order chi connectivity index (χ0) is 15.5. The number of thioether (sulfide) groups is 1. The third-order valence-electron chi connectivity index (χ3n) is 3.48. The maximum absolute atomic E-state index is 11.5. The average molecular weight is 317 g/mol. The molecule has 3 rings (SSSR count). The van der Waals surface area contributed by atoms with Gasteiger partial charge >= 0.3 is 5.97 Å². The van der Waals surface area contributed by atoms with E-state index in [1.54, 1.807) is 6.21 Å². The SMILES string of the molecule is O=C(O)CC1S/C(=N/N=C/c2ccc(C3CC3)cc2)NC1=O. The van der Waals surface area contributed by atoms with Crippen LogP contribution in [0.3, 0.4) is 0 Å².